The van der Waals surface area contributed by atoms with Gasteiger partial charge in [-0.05, 0) is 13.8 Å². The molecule has 2 rings (SSSR count). The van der Waals surface area contributed by atoms with Gasteiger partial charge in [-0.2, -0.15) is 5.10 Å². The van der Waals surface area contributed by atoms with E-state index in [0.717, 1.165) is 11.4 Å². The van der Waals surface area contributed by atoms with E-state index < -0.39 is 11.6 Å². The fourth-order valence-electron chi connectivity index (χ4n) is 2.30. The molecule has 0 atom stereocenters. The Kier molecular flexibility index (Phi) is 4.45. The van der Waals surface area contributed by atoms with Gasteiger partial charge < -0.3 is 9.64 Å². The highest BCUT2D eigenvalue weighted by molar-refractivity contribution is 5.45. The van der Waals surface area contributed by atoms with E-state index in [2.05, 4.69) is 5.10 Å². The molecule has 2 aromatic rings. The topological polar surface area (TPSA) is 30.3 Å². The van der Waals surface area contributed by atoms with E-state index >= 15 is 0 Å². The predicted octanol–water partition coefficient (Wildman–Crippen LogP) is 2.98. The van der Waals surface area contributed by atoms with Crippen molar-refractivity contribution in [3.63, 3.8) is 0 Å². The maximum absolute atomic E-state index is 14.1. The largest absolute Gasteiger partial charge is 0.494 e. The van der Waals surface area contributed by atoms with Gasteiger partial charge in [0, 0.05) is 37.4 Å². The van der Waals surface area contributed by atoms with Crippen molar-refractivity contribution < 1.29 is 13.5 Å². The number of aryl methyl sites for hydroxylation is 1. The van der Waals surface area contributed by atoms with Crippen LogP contribution in [0, 0.1) is 18.6 Å². The third kappa shape index (κ3) is 3.15. The highest BCUT2D eigenvalue weighted by atomic mass is 19.1. The van der Waals surface area contributed by atoms with Gasteiger partial charge in [0.05, 0.1) is 19.3 Å². The van der Waals surface area contributed by atoms with Gasteiger partial charge in [-0.1, -0.05) is 0 Å². The van der Waals surface area contributed by atoms with Gasteiger partial charge in [0.2, 0.25) is 0 Å². The Balaban J connectivity index is 2.36. The molecule has 1 aromatic heterocycles. The summed E-state index contributed by atoms with van der Waals surface area (Å²) in [7, 11) is 3.73. The normalized spacial score (nSPS) is 10.8. The van der Waals surface area contributed by atoms with E-state index in [4.69, 9.17) is 4.74 Å². The lowest BCUT2D eigenvalue weighted by Crippen LogP contribution is -2.17. The Morgan fingerprint density at radius 1 is 1.24 bits per heavy atom. The van der Waals surface area contributed by atoms with Crippen molar-refractivity contribution in [1.29, 1.82) is 0 Å². The highest BCUT2D eigenvalue weighted by Gasteiger charge is 2.16. The summed E-state index contributed by atoms with van der Waals surface area (Å²) < 4.78 is 34.9. The first kappa shape index (κ1) is 15.3. The number of rotatable bonds is 5. The molecule has 0 aliphatic heterocycles. The second kappa shape index (κ2) is 6.11. The summed E-state index contributed by atoms with van der Waals surface area (Å²) in [4.78, 5) is 1.87. The molecule has 0 unspecified atom stereocenters. The Morgan fingerprint density at radius 3 is 2.38 bits per heavy atom. The number of halogens is 2. The Labute approximate surface area is 122 Å². The van der Waals surface area contributed by atoms with Crippen LogP contribution in [0.5, 0.6) is 5.75 Å². The van der Waals surface area contributed by atoms with Crippen molar-refractivity contribution >= 4 is 5.82 Å². The van der Waals surface area contributed by atoms with Crippen molar-refractivity contribution in [2.24, 2.45) is 0 Å². The molecular weight excluding hydrogens is 276 g/mol. The molecule has 0 saturated heterocycles. The Bertz CT molecular complexity index is 615. The third-order valence-electron chi connectivity index (χ3n) is 3.15. The van der Waals surface area contributed by atoms with Crippen molar-refractivity contribution in [1.82, 2.24) is 9.78 Å². The van der Waals surface area contributed by atoms with Gasteiger partial charge in [-0.25, -0.2) is 13.5 Å². The van der Waals surface area contributed by atoms with Crippen LogP contribution in [0.1, 0.15) is 18.1 Å². The van der Waals surface area contributed by atoms with Crippen molar-refractivity contribution in [3.05, 3.63) is 41.1 Å². The average molecular weight is 295 g/mol. The summed E-state index contributed by atoms with van der Waals surface area (Å²) in [5.74, 6) is -0.240. The number of ether oxygens (including phenoxy) is 1. The highest BCUT2D eigenvalue weighted by Crippen LogP contribution is 2.24. The second-order valence-corrected chi connectivity index (χ2v) is 5.00. The lowest BCUT2D eigenvalue weighted by molar-refractivity contribution is 0.335. The zero-order valence-corrected chi connectivity index (χ0v) is 12.7. The zero-order valence-electron chi connectivity index (χ0n) is 12.7. The lowest BCUT2D eigenvalue weighted by Gasteiger charge is -2.17. The third-order valence-corrected chi connectivity index (χ3v) is 3.15. The van der Waals surface area contributed by atoms with Gasteiger partial charge in [0.1, 0.15) is 23.2 Å². The van der Waals surface area contributed by atoms with Gasteiger partial charge in [-0.15, -0.1) is 0 Å². The standard InChI is InChI=1S/C15H19F2N3O/c1-5-21-11-6-13(16)12(14(17)7-11)9-20-15(19(3)4)10(2)8-18-20/h6-8H,5,9H2,1-4H3. The summed E-state index contributed by atoms with van der Waals surface area (Å²) in [6.45, 7) is 4.07. The molecule has 0 radical (unpaired) electrons. The Morgan fingerprint density at radius 2 is 1.86 bits per heavy atom. The second-order valence-electron chi connectivity index (χ2n) is 5.00. The fourth-order valence-corrected chi connectivity index (χ4v) is 2.30. The minimum atomic E-state index is -0.628. The van der Waals surface area contributed by atoms with E-state index in [-0.39, 0.29) is 17.9 Å². The molecule has 0 amide bonds. The molecule has 6 heteroatoms. The predicted molar refractivity (Wildman–Crippen MR) is 77.9 cm³/mol. The molecule has 0 aliphatic rings. The smallest absolute Gasteiger partial charge is 0.134 e. The first-order chi connectivity index (χ1) is 9.93. The average Bonchev–Trinajstić information content (AvgIpc) is 2.75. The van der Waals surface area contributed by atoms with Crippen LogP contribution in [0.25, 0.3) is 0 Å². The molecule has 1 aromatic carbocycles. The number of hydrogen-bond donors (Lipinski definition) is 0. The van der Waals surface area contributed by atoms with Gasteiger partial charge in [0.25, 0.3) is 0 Å². The Hall–Kier alpha value is -2.11. The number of nitrogens with zero attached hydrogens (tertiary/aromatic N) is 3. The van der Waals surface area contributed by atoms with Gasteiger partial charge in [-0.3, -0.25) is 0 Å². The van der Waals surface area contributed by atoms with Crippen LogP contribution in [-0.4, -0.2) is 30.5 Å². The number of aromatic nitrogens is 2. The SMILES string of the molecule is CCOc1cc(F)c(Cn2ncc(C)c2N(C)C)c(F)c1. The lowest BCUT2D eigenvalue weighted by atomic mass is 10.2. The van der Waals surface area contributed by atoms with Crippen LogP contribution >= 0.6 is 0 Å². The molecule has 21 heavy (non-hydrogen) atoms. The van der Waals surface area contributed by atoms with Crippen LogP contribution in [0.2, 0.25) is 0 Å². The van der Waals surface area contributed by atoms with Crippen molar-refractivity contribution in [3.8, 4) is 5.75 Å². The maximum atomic E-state index is 14.1. The first-order valence-electron chi connectivity index (χ1n) is 6.74. The number of anilines is 1. The monoisotopic (exact) mass is 295 g/mol. The molecule has 114 valence electrons. The van der Waals surface area contributed by atoms with Crippen LogP contribution in [0.4, 0.5) is 14.6 Å². The molecular formula is C15H19F2N3O. The molecule has 1 heterocycles. The molecule has 0 fully saturated rings. The van der Waals surface area contributed by atoms with E-state index in [1.165, 1.54) is 12.1 Å². The minimum Gasteiger partial charge on any atom is -0.494 e. The summed E-state index contributed by atoms with van der Waals surface area (Å²) in [5.41, 5.74) is 0.927. The minimum absolute atomic E-state index is 0.0235. The van der Waals surface area contributed by atoms with Crippen LogP contribution in [-0.2, 0) is 6.54 Å². The summed E-state index contributed by atoms with van der Waals surface area (Å²) in [6.07, 6.45) is 1.68. The summed E-state index contributed by atoms with van der Waals surface area (Å²) >= 11 is 0. The summed E-state index contributed by atoms with van der Waals surface area (Å²) in [6, 6.07) is 2.40. The van der Waals surface area contributed by atoms with Crippen LogP contribution in [0.15, 0.2) is 18.3 Å². The maximum Gasteiger partial charge on any atom is 0.134 e. The zero-order chi connectivity index (χ0) is 15.6. The van der Waals surface area contributed by atoms with Crippen LogP contribution in [0.3, 0.4) is 0 Å². The van der Waals surface area contributed by atoms with Crippen molar-refractivity contribution in [2.45, 2.75) is 20.4 Å². The molecule has 0 saturated carbocycles. The van der Waals surface area contributed by atoms with E-state index in [0.29, 0.717) is 6.61 Å². The van der Waals surface area contributed by atoms with E-state index in [1.54, 1.807) is 17.8 Å². The van der Waals surface area contributed by atoms with Crippen LogP contribution < -0.4 is 9.64 Å². The first-order valence-corrected chi connectivity index (χ1v) is 6.74. The van der Waals surface area contributed by atoms with Gasteiger partial charge >= 0.3 is 0 Å². The molecule has 0 N–H and O–H groups in total. The number of hydrogen-bond acceptors (Lipinski definition) is 3. The summed E-state index contributed by atoms with van der Waals surface area (Å²) in [5, 5.41) is 4.18. The van der Waals surface area contributed by atoms with Gasteiger partial charge in [0.15, 0.2) is 0 Å². The van der Waals surface area contributed by atoms with E-state index in [1.807, 2.05) is 25.9 Å². The van der Waals surface area contributed by atoms with E-state index in [9.17, 15) is 8.78 Å². The van der Waals surface area contributed by atoms with Crippen molar-refractivity contribution in [2.75, 3.05) is 25.6 Å². The quantitative estimate of drug-likeness (QED) is 0.849. The molecule has 0 aliphatic carbocycles. The number of benzene rings is 1. The molecule has 0 bridgehead atoms. The molecule has 4 nitrogen and oxygen atoms in total. The fraction of sp³-hybridized carbons (Fsp3) is 0.400. The molecule has 0 spiro atoms.